The van der Waals surface area contributed by atoms with Crippen molar-refractivity contribution in [2.24, 2.45) is 5.73 Å². The van der Waals surface area contributed by atoms with Gasteiger partial charge in [-0.15, -0.1) is 0 Å². The molecule has 1 aliphatic carbocycles. The van der Waals surface area contributed by atoms with Crippen molar-refractivity contribution < 1.29 is 0 Å². The summed E-state index contributed by atoms with van der Waals surface area (Å²) in [5, 5.41) is 2.10. The van der Waals surface area contributed by atoms with E-state index < -0.39 is 0 Å². The van der Waals surface area contributed by atoms with Gasteiger partial charge in [0.1, 0.15) is 0 Å². The van der Waals surface area contributed by atoms with Crippen molar-refractivity contribution in [2.75, 3.05) is 5.75 Å². The number of hydrogen-bond acceptors (Lipinski definition) is 3. The average molecular weight is 286 g/mol. The van der Waals surface area contributed by atoms with Crippen LogP contribution in [0, 0.1) is 0 Å². The maximum absolute atomic E-state index is 6.33. The predicted molar refractivity (Wildman–Crippen MR) is 88.1 cm³/mol. The largest absolute Gasteiger partial charge is 0.327 e. The van der Waals surface area contributed by atoms with E-state index in [4.69, 9.17) is 5.73 Å². The zero-order valence-electron chi connectivity index (χ0n) is 11.8. The molecule has 106 valence electrons. The van der Waals surface area contributed by atoms with Gasteiger partial charge in [-0.2, -0.15) is 11.8 Å². The van der Waals surface area contributed by atoms with Crippen LogP contribution in [-0.2, 0) is 6.42 Å². The van der Waals surface area contributed by atoms with Gasteiger partial charge in [0.15, 0.2) is 0 Å². The van der Waals surface area contributed by atoms with Crippen LogP contribution in [0.2, 0.25) is 0 Å². The highest BCUT2D eigenvalue weighted by Crippen LogP contribution is 2.30. The second kappa shape index (κ2) is 6.59. The van der Waals surface area contributed by atoms with Crippen molar-refractivity contribution in [3.8, 4) is 0 Å². The first-order chi connectivity index (χ1) is 9.83. The van der Waals surface area contributed by atoms with Gasteiger partial charge in [0, 0.05) is 28.6 Å². The minimum Gasteiger partial charge on any atom is -0.327 e. The minimum absolute atomic E-state index is 0.242. The first-order valence-corrected chi connectivity index (χ1v) is 8.57. The number of rotatable bonds is 5. The second-order valence-electron chi connectivity index (χ2n) is 5.69. The Labute approximate surface area is 125 Å². The van der Waals surface area contributed by atoms with Crippen molar-refractivity contribution in [1.82, 2.24) is 4.98 Å². The minimum atomic E-state index is 0.242. The van der Waals surface area contributed by atoms with Crippen molar-refractivity contribution in [3.05, 3.63) is 42.1 Å². The molecule has 2 aromatic rings. The molecule has 1 saturated carbocycles. The highest BCUT2D eigenvalue weighted by molar-refractivity contribution is 7.99. The summed E-state index contributed by atoms with van der Waals surface area (Å²) in [6, 6.07) is 10.7. The van der Waals surface area contributed by atoms with E-state index in [1.165, 1.54) is 36.6 Å². The van der Waals surface area contributed by atoms with Crippen LogP contribution in [0.15, 0.2) is 36.5 Å². The number of aromatic nitrogens is 1. The first-order valence-electron chi connectivity index (χ1n) is 7.53. The lowest BCUT2D eigenvalue weighted by atomic mass is 10.0. The Kier molecular flexibility index (Phi) is 4.58. The third-order valence-corrected chi connectivity index (χ3v) is 5.63. The topological polar surface area (TPSA) is 38.9 Å². The summed E-state index contributed by atoms with van der Waals surface area (Å²) in [5.41, 5.74) is 8.73. The molecule has 1 aromatic carbocycles. The quantitative estimate of drug-likeness (QED) is 0.909. The third-order valence-electron chi connectivity index (χ3n) is 4.07. The summed E-state index contributed by atoms with van der Waals surface area (Å²) >= 11 is 2.08. The van der Waals surface area contributed by atoms with Crippen molar-refractivity contribution in [1.29, 1.82) is 0 Å². The molecule has 0 saturated heterocycles. The van der Waals surface area contributed by atoms with Crippen LogP contribution >= 0.6 is 11.8 Å². The Hall–Kier alpha value is -1.06. The molecule has 1 fully saturated rings. The zero-order valence-corrected chi connectivity index (χ0v) is 12.6. The fourth-order valence-corrected chi connectivity index (χ4v) is 4.29. The van der Waals surface area contributed by atoms with Crippen LogP contribution in [-0.4, -0.2) is 22.0 Å². The number of nitrogens with two attached hydrogens (primary N) is 1. The number of thioether (sulfide) groups is 1. The Bertz CT molecular complexity index is 558. The van der Waals surface area contributed by atoms with Crippen LogP contribution in [0.4, 0.5) is 0 Å². The predicted octanol–water partition coefficient (Wildman–Crippen LogP) is 3.78. The molecular formula is C17H22N2S. The molecule has 1 atom stereocenters. The van der Waals surface area contributed by atoms with Crippen molar-refractivity contribution in [3.63, 3.8) is 0 Å². The Morgan fingerprint density at radius 2 is 2.00 bits per heavy atom. The molecule has 1 heterocycles. The molecule has 0 radical (unpaired) electrons. The maximum atomic E-state index is 6.33. The van der Waals surface area contributed by atoms with Crippen LogP contribution < -0.4 is 5.73 Å². The van der Waals surface area contributed by atoms with E-state index >= 15 is 0 Å². The molecule has 2 N–H and O–H groups in total. The van der Waals surface area contributed by atoms with E-state index in [-0.39, 0.29) is 6.04 Å². The van der Waals surface area contributed by atoms with Gasteiger partial charge in [-0.25, -0.2) is 0 Å². The smallest absolute Gasteiger partial charge is 0.0704 e. The van der Waals surface area contributed by atoms with E-state index in [0.717, 1.165) is 22.9 Å². The van der Waals surface area contributed by atoms with Gasteiger partial charge in [-0.3, -0.25) is 4.98 Å². The molecule has 0 aliphatic heterocycles. The lowest BCUT2D eigenvalue weighted by molar-refractivity contribution is 0.747. The number of hydrogen-bond donors (Lipinski definition) is 1. The fraction of sp³-hybridized carbons (Fsp3) is 0.471. The van der Waals surface area contributed by atoms with Crippen molar-refractivity contribution in [2.45, 2.75) is 43.4 Å². The molecule has 0 bridgehead atoms. The van der Waals surface area contributed by atoms with Crippen molar-refractivity contribution >= 4 is 22.7 Å². The normalized spacial score (nSPS) is 17.6. The maximum Gasteiger partial charge on any atom is 0.0704 e. The number of pyridine rings is 1. The summed E-state index contributed by atoms with van der Waals surface area (Å²) in [6.07, 6.45) is 8.42. The van der Waals surface area contributed by atoms with Crippen LogP contribution in [0.5, 0.6) is 0 Å². The molecule has 1 unspecified atom stereocenters. The van der Waals surface area contributed by atoms with E-state index in [1.54, 1.807) is 0 Å². The lowest BCUT2D eigenvalue weighted by Gasteiger charge is -2.15. The highest BCUT2D eigenvalue weighted by atomic mass is 32.2. The summed E-state index contributed by atoms with van der Waals surface area (Å²) in [4.78, 5) is 4.41. The van der Waals surface area contributed by atoms with Gasteiger partial charge in [0.05, 0.1) is 5.52 Å². The van der Waals surface area contributed by atoms with Gasteiger partial charge in [-0.1, -0.05) is 31.0 Å². The van der Waals surface area contributed by atoms with Gasteiger partial charge in [0.25, 0.3) is 0 Å². The van der Waals surface area contributed by atoms with Crippen LogP contribution in [0.25, 0.3) is 10.9 Å². The summed E-state index contributed by atoms with van der Waals surface area (Å²) < 4.78 is 0. The number of para-hydroxylation sites is 1. The van der Waals surface area contributed by atoms with E-state index in [1.807, 2.05) is 12.3 Å². The van der Waals surface area contributed by atoms with Gasteiger partial charge >= 0.3 is 0 Å². The lowest BCUT2D eigenvalue weighted by Crippen LogP contribution is -2.26. The molecule has 3 heteroatoms. The molecule has 20 heavy (non-hydrogen) atoms. The van der Waals surface area contributed by atoms with E-state index in [0.29, 0.717) is 0 Å². The van der Waals surface area contributed by atoms with Gasteiger partial charge in [0.2, 0.25) is 0 Å². The molecule has 0 spiro atoms. The summed E-state index contributed by atoms with van der Waals surface area (Å²) in [5.74, 6) is 1.07. The first kappa shape index (κ1) is 13.9. The highest BCUT2D eigenvalue weighted by Gasteiger charge is 2.17. The standard InChI is InChI=1S/C17H22N2S/c18-14(12-20-15-5-1-2-6-15)11-13-9-10-19-17-8-4-3-7-16(13)17/h3-4,7-10,14-15H,1-2,5-6,11-12,18H2. The molecule has 0 amide bonds. The van der Waals surface area contributed by atoms with Gasteiger partial charge in [-0.05, 0) is 37.0 Å². The van der Waals surface area contributed by atoms with Crippen LogP contribution in [0.1, 0.15) is 31.2 Å². The number of benzene rings is 1. The van der Waals surface area contributed by atoms with Crippen LogP contribution in [0.3, 0.4) is 0 Å². The van der Waals surface area contributed by atoms with E-state index in [2.05, 4.69) is 41.0 Å². The molecule has 1 aliphatic rings. The number of fused-ring (bicyclic) bond motifs is 1. The Morgan fingerprint density at radius 1 is 1.20 bits per heavy atom. The van der Waals surface area contributed by atoms with E-state index in [9.17, 15) is 0 Å². The monoisotopic (exact) mass is 286 g/mol. The number of nitrogens with zero attached hydrogens (tertiary/aromatic N) is 1. The SMILES string of the molecule is NC(CSC1CCCC1)Cc1ccnc2ccccc12. The molecule has 1 aromatic heterocycles. The Morgan fingerprint density at radius 3 is 2.85 bits per heavy atom. The average Bonchev–Trinajstić information content (AvgIpc) is 2.99. The molecule has 2 nitrogen and oxygen atoms in total. The molecule has 3 rings (SSSR count). The molecular weight excluding hydrogens is 264 g/mol. The summed E-state index contributed by atoms with van der Waals surface area (Å²) in [6.45, 7) is 0. The third kappa shape index (κ3) is 3.33. The Balaban J connectivity index is 1.63. The zero-order chi connectivity index (χ0) is 13.8. The summed E-state index contributed by atoms with van der Waals surface area (Å²) in [7, 11) is 0. The second-order valence-corrected chi connectivity index (χ2v) is 7.02. The fourth-order valence-electron chi connectivity index (χ4n) is 2.99. The van der Waals surface area contributed by atoms with Gasteiger partial charge < -0.3 is 5.73 Å².